The van der Waals surface area contributed by atoms with Gasteiger partial charge < -0.3 is 4.57 Å². The fraction of sp³-hybridized carbons (Fsp3) is 0.391. The molecule has 0 N–H and O–H groups in total. The first-order valence-corrected chi connectivity index (χ1v) is 9.52. The molecule has 2 heteroatoms. The van der Waals surface area contributed by atoms with Crippen LogP contribution in [0.2, 0.25) is 0 Å². The van der Waals surface area contributed by atoms with Crippen LogP contribution in [0.3, 0.4) is 0 Å². The Morgan fingerprint density at radius 2 is 1.88 bits per heavy atom. The van der Waals surface area contributed by atoms with E-state index in [1.54, 1.807) is 11.3 Å². The monoisotopic (exact) mass is 332 g/mol. The molecular weight excluding hydrogens is 304 g/mol. The highest BCUT2D eigenvalue weighted by molar-refractivity contribution is 5.86. The molecule has 1 unspecified atom stereocenters. The van der Waals surface area contributed by atoms with Gasteiger partial charge in [-0.2, -0.15) is 0 Å². The molecule has 2 aromatic carbocycles. The highest BCUT2D eigenvalue weighted by atomic mass is 15.1. The molecule has 0 saturated carbocycles. The average molecular weight is 332 g/mol. The summed E-state index contributed by atoms with van der Waals surface area (Å²) in [6, 6.07) is 18.5. The maximum atomic E-state index is 2.60. The first kappa shape index (κ1) is 16.4. The molecular formula is C23H28N2. The molecule has 1 aliphatic rings. The Bertz CT molecular complexity index is 876. The van der Waals surface area contributed by atoms with Crippen LogP contribution in [0.25, 0.3) is 10.9 Å². The van der Waals surface area contributed by atoms with Crippen LogP contribution < -0.4 is 0 Å². The number of aryl methyl sites for hydroxylation is 3. The van der Waals surface area contributed by atoms with Crippen LogP contribution in [-0.4, -0.2) is 22.6 Å². The fourth-order valence-corrected chi connectivity index (χ4v) is 4.36. The van der Waals surface area contributed by atoms with Gasteiger partial charge >= 0.3 is 0 Å². The number of likely N-dealkylation sites (N-methyl/N-ethyl adjacent to an activating group) is 1. The van der Waals surface area contributed by atoms with Gasteiger partial charge in [-0.25, -0.2) is 0 Å². The summed E-state index contributed by atoms with van der Waals surface area (Å²) in [4.78, 5) is 2.53. The van der Waals surface area contributed by atoms with Gasteiger partial charge in [-0.15, -0.1) is 0 Å². The van der Waals surface area contributed by atoms with Crippen LogP contribution >= 0.6 is 0 Å². The molecule has 3 aromatic rings. The van der Waals surface area contributed by atoms with Crippen molar-refractivity contribution in [2.75, 3.05) is 7.05 Å². The first-order chi connectivity index (χ1) is 12.2. The van der Waals surface area contributed by atoms with E-state index in [0.717, 1.165) is 19.5 Å². The standard InChI is InChI=1S/C23H28N2/c1-4-19-15-23-21(16-24(19)3)20-14-17(2)10-11-22(20)25(23)13-12-18-8-6-5-7-9-18/h5-11,14,19H,4,12-13,15-16H2,1-3H3. The molecule has 1 aromatic heterocycles. The first-order valence-electron chi connectivity index (χ1n) is 9.52. The van der Waals surface area contributed by atoms with Crippen molar-refractivity contribution in [2.45, 2.75) is 52.2 Å². The molecule has 25 heavy (non-hydrogen) atoms. The lowest BCUT2D eigenvalue weighted by Gasteiger charge is -2.33. The molecule has 0 saturated heterocycles. The Kier molecular flexibility index (Phi) is 4.39. The number of aromatic nitrogens is 1. The number of rotatable bonds is 4. The second-order valence-electron chi connectivity index (χ2n) is 7.51. The SMILES string of the molecule is CCC1Cc2c(c3cc(C)ccc3n2CCc2ccccc2)CN1C. The molecule has 0 radical (unpaired) electrons. The molecule has 2 nitrogen and oxygen atoms in total. The molecule has 0 spiro atoms. The maximum Gasteiger partial charge on any atom is 0.0486 e. The minimum Gasteiger partial charge on any atom is -0.344 e. The summed E-state index contributed by atoms with van der Waals surface area (Å²) in [5.74, 6) is 0. The minimum absolute atomic E-state index is 0.661. The van der Waals surface area contributed by atoms with Crippen LogP contribution in [0.5, 0.6) is 0 Å². The van der Waals surface area contributed by atoms with Gasteiger partial charge in [0.25, 0.3) is 0 Å². The molecule has 0 amide bonds. The molecule has 1 atom stereocenters. The third kappa shape index (κ3) is 3.00. The highest BCUT2D eigenvalue weighted by Crippen LogP contribution is 2.34. The lowest BCUT2D eigenvalue weighted by atomic mass is 9.97. The Labute approximate surface area is 151 Å². The van der Waals surface area contributed by atoms with Crippen LogP contribution in [0, 0.1) is 6.92 Å². The van der Waals surface area contributed by atoms with Crippen molar-refractivity contribution in [1.29, 1.82) is 0 Å². The van der Waals surface area contributed by atoms with E-state index in [1.165, 1.54) is 34.9 Å². The van der Waals surface area contributed by atoms with Crippen LogP contribution in [0.15, 0.2) is 48.5 Å². The normalized spacial score (nSPS) is 17.8. The molecule has 2 heterocycles. The smallest absolute Gasteiger partial charge is 0.0486 e. The van der Waals surface area contributed by atoms with Crippen LogP contribution in [0.4, 0.5) is 0 Å². The molecule has 4 rings (SSSR count). The summed E-state index contributed by atoms with van der Waals surface area (Å²) in [6.07, 6.45) is 3.48. The van der Waals surface area contributed by atoms with E-state index in [-0.39, 0.29) is 0 Å². The van der Waals surface area contributed by atoms with Gasteiger partial charge in [0.2, 0.25) is 0 Å². The van der Waals surface area contributed by atoms with E-state index >= 15 is 0 Å². The Hall–Kier alpha value is -2.06. The molecule has 0 bridgehead atoms. The number of fused-ring (bicyclic) bond motifs is 3. The Morgan fingerprint density at radius 3 is 2.64 bits per heavy atom. The number of hydrogen-bond donors (Lipinski definition) is 0. The van der Waals surface area contributed by atoms with E-state index in [4.69, 9.17) is 0 Å². The van der Waals surface area contributed by atoms with Crippen LogP contribution in [-0.2, 0) is 25.9 Å². The quantitative estimate of drug-likeness (QED) is 0.655. The molecule has 1 aliphatic heterocycles. The van der Waals surface area contributed by atoms with E-state index in [2.05, 4.69) is 78.9 Å². The van der Waals surface area contributed by atoms with Crippen molar-refractivity contribution < 1.29 is 0 Å². The van der Waals surface area contributed by atoms with Gasteiger partial charge in [0.1, 0.15) is 0 Å². The predicted octanol–water partition coefficient (Wildman–Crippen LogP) is 4.96. The average Bonchev–Trinajstić information content (AvgIpc) is 2.92. The van der Waals surface area contributed by atoms with Gasteiger partial charge in [-0.3, -0.25) is 4.90 Å². The highest BCUT2D eigenvalue weighted by Gasteiger charge is 2.27. The summed E-state index contributed by atoms with van der Waals surface area (Å²) >= 11 is 0. The summed E-state index contributed by atoms with van der Waals surface area (Å²) < 4.78 is 2.60. The third-order valence-corrected chi connectivity index (χ3v) is 5.84. The van der Waals surface area contributed by atoms with Crippen molar-refractivity contribution >= 4 is 10.9 Å². The van der Waals surface area contributed by atoms with Crippen molar-refractivity contribution in [1.82, 2.24) is 9.47 Å². The van der Waals surface area contributed by atoms with Crippen molar-refractivity contribution in [3.05, 3.63) is 70.9 Å². The van der Waals surface area contributed by atoms with Crippen molar-refractivity contribution in [2.24, 2.45) is 0 Å². The van der Waals surface area contributed by atoms with Gasteiger partial charge in [0.15, 0.2) is 0 Å². The van der Waals surface area contributed by atoms with E-state index < -0.39 is 0 Å². The van der Waals surface area contributed by atoms with Gasteiger partial charge in [-0.1, -0.05) is 48.9 Å². The van der Waals surface area contributed by atoms with Gasteiger partial charge in [-0.05, 0) is 50.1 Å². The number of benzene rings is 2. The summed E-state index contributed by atoms with van der Waals surface area (Å²) in [7, 11) is 2.28. The van der Waals surface area contributed by atoms with Crippen LogP contribution in [0.1, 0.15) is 35.7 Å². The largest absolute Gasteiger partial charge is 0.344 e. The minimum atomic E-state index is 0.661. The topological polar surface area (TPSA) is 8.17 Å². The zero-order valence-corrected chi connectivity index (χ0v) is 15.6. The molecule has 130 valence electrons. The zero-order chi connectivity index (χ0) is 17.4. The van der Waals surface area contributed by atoms with E-state index in [1.807, 2.05) is 0 Å². The summed E-state index contributed by atoms with van der Waals surface area (Å²) in [6.45, 7) is 6.66. The van der Waals surface area contributed by atoms with Crippen molar-refractivity contribution in [3.8, 4) is 0 Å². The second-order valence-corrected chi connectivity index (χ2v) is 7.51. The predicted molar refractivity (Wildman–Crippen MR) is 106 cm³/mol. The van der Waals surface area contributed by atoms with E-state index in [0.29, 0.717) is 6.04 Å². The summed E-state index contributed by atoms with van der Waals surface area (Å²) in [5.41, 5.74) is 7.32. The lowest BCUT2D eigenvalue weighted by Crippen LogP contribution is -2.37. The molecule has 0 aliphatic carbocycles. The Balaban J connectivity index is 1.77. The number of hydrogen-bond acceptors (Lipinski definition) is 1. The Morgan fingerprint density at radius 1 is 1.08 bits per heavy atom. The lowest BCUT2D eigenvalue weighted by molar-refractivity contribution is 0.207. The maximum absolute atomic E-state index is 2.60. The van der Waals surface area contributed by atoms with Crippen molar-refractivity contribution in [3.63, 3.8) is 0 Å². The molecule has 0 fully saturated rings. The van der Waals surface area contributed by atoms with E-state index in [9.17, 15) is 0 Å². The van der Waals surface area contributed by atoms with Gasteiger partial charge in [0, 0.05) is 42.1 Å². The fourth-order valence-electron chi connectivity index (χ4n) is 4.36. The summed E-state index contributed by atoms with van der Waals surface area (Å²) in [5, 5.41) is 1.46. The van der Waals surface area contributed by atoms with Gasteiger partial charge in [0.05, 0.1) is 0 Å². The third-order valence-electron chi connectivity index (χ3n) is 5.84. The number of nitrogens with zero attached hydrogens (tertiary/aromatic N) is 2. The zero-order valence-electron chi connectivity index (χ0n) is 15.6. The second kappa shape index (κ2) is 6.68.